The molecule has 1 aliphatic carbocycles. The number of rotatable bonds is 4. The van der Waals surface area contributed by atoms with Crippen molar-refractivity contribution in [2.75, 3.05) is 23.3 Å². The molecule has 1 amide bonds. The molecule has 0 atom stereocenters. The third-order valence-corrected chi connectivity index (χ3v) is 4.44. The molecule has 1 aromatic rings. The maximum Gasteiger partial charge on any atom is 0.225 e. The normalized spacial score (nSPS) is 19.5. The van der Waals surface area contributed by atoms with E-state index in [1.807, 2.05) is 12.3 Å². The predicted octanol–water partition coefficient (Wildman–Crippen LogP) is 3.20. The summed E-state index contributed by atoms with van der Waals surface area (Å²) in [7, 11) is 0. The van der Waals surface area contributed by atoms with Gasteiger partial charge in [0.15, 0.2) is 0 Å². The molecule has 108 valence electrons. The van der Waals surface area contributed by atoms with Gasteiger partial charge in [0, 0.05) is 19.5 Å². The summed E-state index contributed by atoms with van der Waals surface area (Å²) < 4.78 is 0. The van der Waals surface area contributed by atoms with Gasteiger partial charge in [0.05, 0.1) is 11.9 Å². The SMILES string of the molecule is O=C(CC1CCCC1)Nc1ccc(N2CCCC2)cn1. The molecule has 1 aliphatic heterocycles. The Hall–Kier alpha value is -1.58. The lowest BCUT2D eigenvalue weighted by Crippen LogP contribution is -2.18. The summed E-state index contributed by atoms with van der Waals surface area (Å²) in [5.74, 6) is 1.37. The van der Waals surface area contributed by atoms with Crippen LogP contribution in [0.2, 0.25) is 0 Å². The second kappa shape index (κ2) is 6.25. The monoisotopic (exact) mass is 273 g/mol. The molecule has 0 unspecified atom stereocenters. The van der Waals surface area contributed by atoms with E-state index in [-0.39, 0.29) is 5.91 Å². The molecule has 1 aromatic heterocycles. The highest BCUT2D eigenvalue weighted by Crippen LogP contribution is 2.27. The van der Waals surface area contributed by atoms with Crippen molar-refractivity contribution in [2.24, 2.45) is 5.92 Å². The zero-order valence-corrected chi connectivity index (χ0v) is 12.0. The van der Waals surface area contributed by atoms with Crippen molar-refractivity contribution in [3.05, 3.63) is 18.3 Å². The first-order valence-electron chi connectivity index (χ1n) is 7.82. The molecule has 1 saturated heterocycles. The van der Waals surface area contributed by atoms with Gasteiger partial charge in [-0.05, 0) is 43.7 Å². The van der Waals surface area contributed by atoms with Crippen molar-refractivity contribution < 1.29 is 4.79 Å². The molecule has 0 spiro atoms. The van der Waals surface area contributed by atoms with Crippen LogP contribution in [0.25, 0.3) is 0 Å². The Morgan fingerprint density at radius 3 is 2.60 bits per heavy atom. The molecule has 3 rings (SSSR count). The third kappa shape index (κ3) is 3.30. The molecule has 0 radical (unpaired) electrons. The molecule has 1 saturated carbocycles. The van der Waals surface area contributed by atoms with Crippen LogP contribution in [0.5, 0.6) is 0 Å². The number of amides is 1. The summed E-state index contributed by atoms with van der Waals surface area (Å²) in [5, 5.41) is 2.92. The number of carbonyl (C=O) groups is 1. The number of hydrogen-bond donors (Lipinski definition) is 1. The van der Waals surface area contributed by atoms with Crippen LogP contribution in [0.15, 0.2) is 18.3 Å². The number of pyridine rings is 1. The number of anilines is 2. The van der Waals surface area contributed by atoms with Crippen molar-refractivity contribution in [1.29, 1.82) is 0 Å². The molecule has 4 nitrogen and oxygen atoms in total. The van der Waals surface area contributed by atoms with Gasteiger partial charge in [-0.1, -0.05) is 12.8 Å². The molecule has 0 bridgehead atoms. The summed E-state index contributed by atoms with van der Waals surface area (Å²) >= 11 is 0. The van der Waals surface area contributed by atoms with E-state index in [0.717, 1.165) is 18.8 Å². The van der Waals surface area contributed by atoms with Gasteiger partial charge in [0.2, 0.25) is 5.91 Å². The Labute approximate surface area is 120 Å². The predicted molar refractivity (Wildman–Crippen MR) is 80.9 cm³/mol. The van der Waals surface area contributed by atoms with E-state index >= 15 is 0 Å². The molecule has 0 aromatic carbocycles. The molecule has 4 heteroatoms. The zero-order valence-electron chi connectivity index (χ0n) is 12.0. The van der Waals surface area contributed by atoms with Gasteiger partial charge in [-0.3, -0.25) is 4.79 Å². The van der Waals surface area contributed by atoms with Gasteiger partial charge in [-0.2, -0.15) is 0 Å². The van der Waals surface area contributed by atoms with Crippen molar-refractivity contribution in [3.8, 4) is 0 Å². The second-order valence-corrected chi connectivity index (χ2v) is 6.00. The summed E-state index contributed by atoms with van der Waals surface area (Å²) in [5.41, 5.74) is 1.16. The quantitative estimate of drug-likeness (QED) is 0.916. The first-order chi connectivity index (χ1) is 9.81. The molecule has 2 fully saturated rings. The molecule has 2 heterocycles. The van der Waals surface area contributed by atoms with Gasteiger partial charge >= 0.3 is 0 Å². The van der Waals surface area contributed by atoms with Gasteiger partial charge in [-0.15, -0.1) is 0 Å². The maximum atomic E-state index is 11.9. The number of nitrogens with zero attached hydrogens (tertiary/aromatic N) is 2. The number of aromatic nitrogens is 1. The molecular weight excluding hydrogens is 250 g/mol. The summed E-state index contributed by atoms with van der Waals surface area (Å²) in [6.45, 7) is 2.24. The summed E-state index contributed by atoms with van der Waals surface area (Å²) in [4.78, 5) is 18.7. The van der Waals surface area contributed by atoms with Crippen molar-refractivity contribution >= 4 is 17.4 Å². The lowest BCUT2D eigenvalue weighted by molar-refractivity contribution is -0.117. The van der Waals surface area contributed by atoms with Crippen LogP contribution in [-0.4, -0.2) is 24.0 Å². The van der Waals surface area contributed by atoms with E-state index in [0.29, 0.717) is 18.2 Å². The van der Waals surface area contributed by atoms with Crippen molar-refractivity contribution in [2.45, 2.75) is 44.9 Å². The Morgan fingerprint density at radius 2 is 1.95 bits per heavy atom. The van der Waals surface area contributed by atoms with E-state index in [9.17, 15) is 4.79 Å². The molecule has 1 N–H and O–H groups in total. The Bertz CT molecular complexity index is 445. The fraction of sp³-hybridized carbons (Fsp3) is 0.625. The zero-order chi connectivity index (χ0) is 13.8. The van der Waals surface area contributed by atoms with Crippen LogP contribution in [0, 0.1) is 5.92 Å². The van der Waals surface area contributed by atoms with Gasteiger partial charge in [0.1, 0.15) is 5.82 Å². The minimum Gasteiger partial charge on any atom is -0.370 e. The highest BCUT2D eigenvalue weighted by Gasteiger charge is 2.18. The maximum absolute atomic E-state index is 11.9. The minimum atomic E-state index is 0.110. The molecule has 2 aliphatic rings. The molecule has 20 heavy (non-hydrogen) atoms. The second-order valence-electron chi connectivity index (χ2n) is 6.00. The Kier molecular flexibility index (Phi) is 4.19. The first-order valence-corrected chi connectivity index (χ1v) is 7.82. The van der Waals surface area contributed by atoms with Crippen LogP contribution < -0.4 is 10.2 Å². The van der Waals surface area contributed by atoms with Crippen LogP contribution in [-0.2, 0) is 4.79 Å². The van der Waals surface area contributed by atoms with Crippen LogP contribution in [0.1, 0.15) is 44.9 Å². The summed E-state index contributed by atoms with van der Waals surface area (Å²) in [6, 6.07) is 3.98. The fourth-order valence-electron chi connectivity index (χ4n) is 3.29. The lowest BCUT2D eigenvalue weighted by Gasteiger charge is -2.17. The average molecular weight is 273 g/mol. The van der Waals surface area contributed by atoms with E-state index in [4.69, 9.17) is 0 Å². The number of nitrogens with one attached hydrogen (secondary N) is 1. The van der Waals surface area contributed by atoms with Crippen molar-refractivity contribution in [3.63, 3.8) is 0 Å². The van der Waals surface area contributed by atoms with Crippen molar-refractivity contribution in [1.82, 2.24) is 4.98 Å². The summed E-state index contributed by atoms with van der Waals surface area (Å²) in [6.07, 6.45) is 10.0. The van der Waals surface area contributed by atoms with E-state index in [1.54, 1.807) is 0 Å². The first kappa shape index (κ1) is 13.4. The van der Waals surface area contributed by atoms with Crippen LogP contribution in [0.4, 0.5) is 11.5 Å². The lowest BCUT2D eigenvalue weighted by atomic mass is 10.0. The van der Waals surface area contributed by atoms with Crippen LogP contribution in [0.3, 0.4) is 0 Å². The topological polar surface area (TPSA) is 45.2 Å². The largest absolute Gasteiger partial charge is 0.370 e. The van der Waals surface area contributed by atoms with E-state index < -0.39 is 0 Å². The molecular formula is C16H23N3O. The fourth-order valence-corrected chi connectivity index (χ4v) is 3.29. The highest BCUT2D eigenvalue weighted by molar-refractivity contribution is 5.90. The Morgan fingerprint density at radius 1 is 1.20 bits per heavy atom. The third-order valence-electron chi connectivity index (χ3n) is 4.44. The minimum absolute atomic E-state index is 0.110. The Balaban J connectivity index is 1.53. The average Bonchev–Trinajstić information content (AvgIpc) is 3.12. The standard InChI is InChI=1S/C16H23N3O/c20-16(11-13-5-1-2-6-13)18-15-8-7-14(12-17-15)19-9-3-4-10-19/h7-8,12-13H,1-6,9-11H2,(H,17,18,20). The van der Waals surface area contributed by atoms with Gasteiger partial charge < -0.3 is 10.2 Å². The number of carbonyl (C=O) groups excluding carboxylic acids is 1. The van der Waals surface area contributed by atoms with Crippen LogP contribution >= 0.6 is 0 Å². The van der Waals surface area contributed by atoms with Gasteiger partial charge in [0.25, 0.3) is 0 Å². The van der Waals surface area contributed by atoms with E-state index in [1.165, 1.54) is 38.5 Å². The highest BCUT2D eigenvalue weighted by atomic mass is 16.1. The van der Waals surface area contributed by atoms with Gasteiger partial charge in [-0.25, -0.2) is 4.98 Å². The smallest absolute Gasteiger partial charge is 0.225 e. The number of hydrogen-bond acceptors (Lipinski definition) is 3. The van der Waals surface area contributed by atoms with E-state index in [2.05, 4.69) is 21.3 Å².